The van der Waals surface area contributed by atoms with Crippen LogP contribution in [0.15, 0.2) is 23.6 Å². The number of halogens is 1. The molecule has 0 saturated carbocycles. The normalized spacial score (nSPS) is 10.2. The fraction of sp³-hybridized carbons (Fsp3) is 0.143. The Kier molecular flexibility index (Phi) is 4.50. The zero-order valence-electron chi connectivity index (χ0n) is 11.4. The number of hydrogen-bond donors (Lipinski definition) is 2. The van der Waals surface area contributed by atoms with Crippen LogP contribution in [0.4, 0.5) is 11.4 Å². The lowest BCUT2D eigenvalue weighted by molar-refractivity contribution is 0.0607. The molecule has 0 fully saturated rings. The number of aryl methyl sites for hydroxylation is 1. The van der Waals surface area contributed by atoms with Crippen molar-refractivity contribution in [2.75, 3.05) is 18.2 Å². The topological polar surface area (TPSA) is 81.4 Å². The van der Waals surface area contributed by atoms with Crippen LogP contribution in [-0.4, -0.2) is 19.0 Å². The molecule has 21 heavy (non-hydrogen) atoms. The number of ether oxygens (including phenoxy) is 1. The van der Waals surface area contributed by atoms with E-state index in [0.717, 1.165) is 5.56 Å². The van der Waals surface area contributed by atoms with Crippen LogP contribution < -0.4 is 11.1 Å². The second kappa shape index (κ2) is 6.15. The molecule has 1 aromatic heterocycles. The van der Waals surface area contributed by atoms with Gasteiger partial charge in [-0.05, 0) is 36.1 Å². The van der Waals surface area contributed by atoms with Gasteiger partial charge in [-0.3, -0.25) is 4.79 Å². The SMILES string of the molecule is COC(=O)c1scc(C)c1NC(=O)c1ccc(N)cc1Cl. The number of carbonyl (C=O) groups excluding carboxylic acids is 2. The van der Waals surface area contributed by atoms with Gasteiger partial charge >= 0.3 is 5.97 Å². The lowest BCUT2D eigenvalue weighted by atomic mass is 10.1. The lowest BCUT2D eigenvalue weighted by Crippen LogP contribution is -2.15. The smallest absolute Gasteiger partial charge is 0.350 e. The zero-order valence-corrected chi connectivity index (χ0v) is 13.0. The maximum absolute atomic E-state index is 12.3. The van der Waals surface area contributed by atoms with E-state index >= 15 is 0 Å². The Labute approximate surface area is 130 Å². The quantitative estimate of drug-likeness (QED) is 0.670. The second-order valence-electron chi connectivity index (χ2n) is 4.31. The van der Waals surface area contributed by atoms with Crippen LogP contribution in [0.2, 0.25) is 5.02 Å². The largest absolute Gasteiger partial charge is 0.465 e. The van der Waals surface area contributed by atoms with Crippen molar-refractivity contribution in [1.82, 2.24) is 0 Å². The molecule has 1 aromatic carbocycles. The van der Waals surface area contributed by atoms with Gasteiger partial charge in [0.15, 0.2) is 0 Å². The first-order valence-electron chi connectivity index (χ1n) is 5.96. The minimum Gasteiger partial charge on any atom is -0.465 e. The van der Waals surface area contributed by atoms with E-state index in [2.05, 4.69) is 5.32 Å². The zero-order chi connectivity index (χ0) is 15.6. The predicted octanol–water partition coefficient (Wildman–Crippen LogP) is 3.33. The van der Waals surface area contributed by atoms with E-state index in [9.17, 15) is 9.59 Å². The molecule has 5 nitrogen and oxygen atoms in total. The Morgan fingerprint density at radius 2 is 2.10 bits per heavy atom. The van der Waals surface area contributed by atoms with Crippen molar-refractivity contribution in [3.63, 3.8) is 0 Å². The van der Waals surface area contributed by atoms with Gasteiger partial charge in [-0.15, -0.1) is 11.3 Å². The molecule has 0 aliphatic heterocycles. The van der Waals surface area contributed by atoms with E-state index < -0.39 is 11.9 Å². The summed E-state index contributed by atoms with van der Waals surface area (Å²) in [6.07, 6.45) is 0. The van der Waals surface area contributed by atoms with Crippen molar-refractivity contribution in [2.45, 2.75) is 6.92 Å². The van der Waals surface area contributed by atoms with Crippen LogP contribution in [0, 0.1) is 6.92 Å². The molecule has 0 atom stereocenters. The first-order chi connectivity index (χ1) is 9.93. The molecule has 1 amide bonds. The van der Waals surface area contributed by atoms with E-state index in [4.69, 9.17) is 22.1 Å². The van der Waals surface area contributed by atoms with Crippen molar-refractivity contribution in [1.29, 1.82) is 0 Å². The highest BCUT2D eigenvalue weighted by molar-refractivity contribution is 7.12. The Hall–Kier alpha value is -2.05. The molecule has 0 radical (unpaired) electrons. The number of carbonyl (C=O) groups is 2. The van der Waals surface area contributed by atoms with E-state index in [0.29, 0.717) is 16.3 Å². The number of thiophene rings is 1. The Balaban J connectivity index is 2.32. The van der Waals surface area contributed by atoms with Gasteiger partial charge in [0.1, 0.15) is 4.88 Å². The molecular weight excluding hydrogens is 312 g/mol. The van der Waals surface area contributed by atoms with E-state index in [1.54, 1.807) is 18.4 Å². The number of nitrogens with two attached hydrogens (primary N) is 1. The van der Waals surface area contributed by atoms with Gasteiger partial charge in [0.2, 0.25) is 0 Å². The Bertz CT molecular complexity index is 712. The number of hydrogen-bond acceptors (Lipinski definition) is 5. The van der Waals surface area contributed by atoms with E-state index in [-0.39, 0.29) is 10.6 Å². The molecule has 0 saturated heterocycles. The molecule has 0 aliphatic rings. The number of amides is 1. The van der Waals surface area contributed by atoms with Crippen LogP contribution in [0.5, 0.6) is 0 Å². The van der Waals surface area contributed by atoms with Gasteiger partial charge in [0.25, 0.3) is 5.91 Å². The van der Waals surface area contributed by atoms with Crippen LogP contribution in [-0.2, 0) is 4.74 Å². The molecule has 0 spiro atoms. The highest BCUT2D eigenvalue weighted by atomic mass is 35.5. The fourth-order valence-electron chi connectivity index (χ4n) is 1.74. The van der Waals surface area contributed by atoms with Gasteiger partial charge in [-0.1, -0.05) is 11.6 Å². The fourth-order valence-corrected chi connectivity index (χ4v) is 2.94. The minimum atomic E-state index is -0.494. The van der Waals surface area contributed by atoms with E-state index in [1.165, 1.54) is 30.6 Å². The van der Waals surface area contributed by atoms with Gasteiger partial charge < -0.3 is 15.8 Å². The van der Waals surface area contributed by atoms with E-state index in [1.807, 2.05) is 0 Å². The summed E-state index contributed by atoms with van der Waals surface area (Å²) < 4.78 is 4.69. The number of anilines is 2. The number of methoxy groups -OCH3 is 1. The maximum atomic E-state index is 12.3. The number of esters is 1. The van der Waals surface area contributed by atoms with Gasteiger partial charge in [-0.2, -0.15) is 0 Å². The first kappa shape index (κ1) is 15.3. The van der Waals surface area contributed by atoms with Crippen molar-refractivity contribution < 1.29 is 14.3 Å². The molecule has 2 aromatic rings. The minimum absolute atomic E-state index is 0.250. The summed E-state index contributed by atoms with van der Waals surface area (Å²) in [5.41, 5.74) is 7.56. The third-order valence-electron chi connectivity index (χ3n) is 2.82. The highest BCUT2D eigenvalue weighted by Crippen LogP contribution is 2.29. The molecule has 110 valence electrons. The lowest BCUT2D eigenvalue weighted by Gasteiger charge is -2.09. The third kappa shape index (κ3) is 3.17. The molecule has 3 N–H and O–H groups in total. The average molecular weight is 325 g/mol. The number of rotatable bonds is 3. The third-order valence-corrected chi connectivity index (χ3v) is 4.21. The van der Waals surface area contributed by atoms with Gasteiger partial charge in [0, 0.05) is 5.69 Å². The molecule has 0 bridgehead atoms. The van der Waals surface area contributed by atoms with Crippen LogP contribution >= 0.6 is 22.9 Å². The van der Waals surface area contributed by atoms with Crippen molar-refractivity contribution in [2.24, 2.45) is 0 Å². The predicted molar refractivity (Wildman–Crippen MR) is 84.2 cm³/mol. The monoisotopic (exact) mass is 324 g/mol. The number of nitrogens with one attached hydrogen (secondary N) is 1. The standard InChI is InChI=1S/C14H13ClN2O3S/c1-7-6-21-12(14(19)20-2)11(7)17-13(18)9-4-3-8(16)5-10(9)15/h3-6H,16H2,1-2H3,(H,17,18). The summed E-state index contributed by atoms with van der Waals surface area (Å²) in [4.78, 5) is 24.3. The Morgan fingerprint density at radius 1 is 1.38 bits per heavy atom. The highest BCUT2D eigenvalue weighted by Gasteiger charge is 2.20. The van der Waals surface area contributed by atoms with Crippen molar-refractivity contribution in [3.05, 3.63) is 44.6 Å². The average Bonchev–Trinajstić information content (AvgIpc) is 2.79. The molecule has 1 heterocycles. The summed E-state index contributed by atoms with van der Waals surface area (Å²) in [7, 11) is 1.29. The Morgan fingerprint density at radius 3 is 2.71 bits per heavy atom. The second-order valence-corrected chi connectivity index (χ2v) is 5.59. The number of benzene rings is 1. The van der Waals surface area contributed by atoms with Gasteiger partial charge in [-0.25, -0.2) is 4.79 Å². The molecule has 0 unspecified atom stereocenters. The molecule has 0 aliphatic carbocycles. The molecule has 2 rings (SSSR count). The summed E-state index contributed by atoms with van der Waals surface area (Å²) >= 11 is 7.21. The van der Waals surface area contributed by atoms with Crippen LogP contribution in [0.3, 0.4) is 0 Å². The number of nitrogen functional groups attached to an aromatic ring is 1. The van der Waals surface area contributed by atoms with Gasteiger partial charge in [0.05, 0.1) is 23.4 Å². The maximum Gasteiger partial charge on any atom is 0.350 e. The van der Waals surface area contributed by atoms with Crippen molar-refractivity contribution in [3.8, 4) is 0 Å². The summed E-state index contributed by atoms with van der Waals surface area (Å²) in [6, 6.07) is 4.62. The van der Waals surface area contributed by atoms with Crippen LogP contribution in [0.25, 0.3) is 0 Å². The first-order valence-corrected chi connectivity index (χ1v) is 7.22. The summed E-state index contributed by atoms with van der Waals surface area (Å²) in [5, 5.41) is 4.72. The van der Waals surface area contributed by atoms with Crippen molar-refractivity contribution >= 4 is 46.2 Å². The van der Waals surface area contributed by atoms with Crippen LogP contribution in [0.1, 0.15) is 25.6 Å². The summed E-state index contributed by atoms with van der Waals surface area (Å²) in [6.45, 7) is 1.79. The molecular formula is C14H13ClN2O3S. The molecule has 7 heteroatoms. The summed E-state index contributed by atoms with van der Waals surface area (Å²) in [5.74, 6) is -0.904.